The molecule has 0 aromatic heterocycles. The fourth-order valence-electron chi connectivity index (χ4n) is 4.20. The molecular weight excluding hydrogens is 498 g/mol. The van der Waals surface area contributed by atoms with Crippen LogP contribution in [0.25, 0.3) is 11.1 Å². The molecular formula is C30H33N3O6. The predicted octanol–water partition coefficient (Wildman–Crippen LogP) is 3.80. The van der Waals surface area contributed by atoms with Crippen molar-refractivity contribution in [3.05, 3.63) is 95.6 Å². The van der Waals surface area contributed by atoms with E-state index in [1.165, 1.54) is 4.90 Å². The molecule has 0 saturated carbocycles. The van der Waals surface area contributed by atoms with Crippen molar-refractivity contribution >= 4 is 23.7 Å². The molecule has 0 fully saturated rings. The molecule has 3 aromatic rings. The molecule has 0 saturated heterocycles. The van der Waals surface area contributed by atoms with E-state index in [0.29, 0.717) is 12.0 Å². The van der Waals surface area contributed by atoms with Crippen molar-refractivity contribution in [2.45, 2.75) is 45.2 Å². The molecule has 204 valence electrons. The van der Waals surface area contributed by atoms with Crippen LogP contribution in [0.2, 0.25) is 0 Å². The molecule has 9 heteroatoms. The molecule has 1 atom stereocenters. The Bertz CT molecular complexity index is 1280. The third-order valence-electron chi connectivity index (χ3n) is 6.27. The Balaban J connectivity index is 1.75. The van der Waals surface area contributed by atoms with Crippen molar-refractivity contribution in [2.24, 2.45) is 0 Å². The first-order valence-corrected chi connectivity index (χ1v) is 12.8. The largest absolute Gasteiger partial charge is 0.478 e. The number of carbonyl (C=O) groups excluding carboxylic acids is 3. The average Bonchev–Trinajstić information content (AvgIpc) is 2.95. The highest BCUT2D eigenvalue weighted by Crippen LogP contribution is 2.24. The number of carboxylic acids is 1. The van der Waals surface area contributed by atoms with Gasteiger partial charge in [-0.25, -0.2) is 10.3 Å². The summed E-state index contributed by atoms with van der Waals surface area (Å²) < 4.78 is 0. The molecule has 0 radical (unpaired) electrons. The summed E-state index contributed by atoms with van der Waals surface area (Å²) in [5.41, 5.74) is 4.64. The Morgan fingerprint density at radius 3 is 2.18 bits per heavy atom. The van der Waals surface area contributed by atoms with E-state index in [9.17, 15) is 24.3 Å². The van der Waals surface area contributed by atoms with E-state index in [1.807, 2.05) is 37.3 Å². The lowest BCUT2D eigenvalue weighted by molar-refractivity contribution is -0.138. The number of amides is 3. The van der Waals surface area contributed by atoms with E-state index in [4.69, 9.17) is 5.21 Å². The van der Waals surface area contributed by atoms with Gasteiger partial charge in [0.2, 0.25) is 11.8 Å². The van der Waals surface area contributed by atoms with Gasteiger partial charge in [0, 0.05) is 19.4 Å². The third kappa shape index (κ3) is 8.51. The van der Waals surface area contributed by atoms with Gasteiger partial charge in [-0.15, -0.1) is 0 Å². The number of aromatic carboxylic acids is 1. The summed E-state index contributed by atoms with van der Waals surface area (Å²) in [7, 11) is 0. The second-order valence-corrected chi connectivity index (χ2v) is 9.19. The van der Waals surface area contributed by atoms with Crippen LogP contribution in [0.5, 0.6) is 0 Å². The summed E-state index contributed by atoms with van der Waals surface area (Å²) in [6.45, 7) is 1.86. The Morgan fingerprint density at radius 1 is 0.872 bits per heavy atom. The molecule has 0 heterocycles. The van der Waals surface area contributed by atoms with E-state index in [2.05, 4.69) is 5.32 Å². The van der Waals surface area contributed by atoms with Gasteiger partial charge in [-0.3, -0.25) is 19.6 Å². The van der Waals surface area contributed by atoms with Gasteiger partial charge >= 0.3 is 5.97 Å². The minimum atomic E-state index is -1.02. The van der Waals surface area contributed by atoms with Crippen molar-refractivity contribution in [2.75, 3.05) is 6.54 Å². The highest BCUT2D eigenvalue weighted by atomic mass is 16.5. The van der Waals surface area contributed by atoms with Crippen molar-refractivity contribution in [1.29, 1.82) is 0 Å². The highest BCUT2D eigenvalue weighted by molar-refractivity contribution is 5.96. The predicted molar refractivity (Wildman–Crippen MR) is 146 cm³/mol. The molecule has 0 spiro atoms. The zero-order valence-electron chi connectivity index (χ0n) is 21.8. The van der Waals surface area contributed by atoms with Crippen LogP contribution >= 0.6 is 0 Å². The number of hydrogen-bond acceptors (Lipinski definition) is 5. The van der Waals surface area contributed by atoms with Gasteiger partial charge in [0.05, 0.1) is 12.1 Å². The summed E-state index contributed by atoms with van der Waals surface area (Å²) in [5.74, 6) is -2.50. The molecule has 0 bridgehead atoms. The third-order valence-corrected chi connectivity index (χ3v) is 6.27. The zero-order chi connectivity index (χ0) is 28.2. The molecule has 3 aromatic carbocycles. The Labute approximate surface area is 227 Å². The smallest absolute Gasteiger partial charge is 0.336 e. The number of rotatable bonds is 13. The van der Waals surface area contributed by atoms with Gasteiger partial charge in [-0.05, 0) is 34.7 Å². The molecule has 9 nitrogen and oxygen atoms in total. The number of hydroxylamine groups is 1. The lowest BCUT2D eigenvalue weighted by Crippen LogP contribution is -2.50. The maximum atomic E-state index is 13.0. The van der Waals surface area contributed by atoms with Gasteiger partial charge in [0.25, 0.3) is 5.91 Å². The van der Waals surface area contributed by atoms with Crippen LogP contribution < -0.4 is 10.8 Å². The lowest BCUT2D eigenvalue weighted by Gasteiger charge is -2.24. The fourth-order valence-corrected chi connectivity index (χ4v) is 4.20. The Kier molecular flexibility index (Phi) is 10.8. The van der Waals surface area contributed by atoms with E-state index >= 15 is 0 Å². The molecule has 0 aliphatic carbocycles. The molecule has 39 heavy (non-hydrogen) atoms. The van der Waals surface area contributed by atoms with Crippen LogP contribution in [0.4, 0.5) is 0 Å². The maximum Gasteiger partial charge on any atom is 0.336 e. The second-order valence-electron chi connectivity index (χ2n) is 9.19. The van der Waals surface area contributed by atoms with Crippen LogP contribution in [0, 0.1) is 0 Å². The van der Waals surface area contributed by atoms with Gasteiger partial charge in [0.1, 0.15) is 6.04 Å². The molecule has 4 N–H and O–H groups in total. The number of benzene rings is 3. The SMILES string of the molecule is CCCCC(=O)N(CC(=O)N[C@@H](Cc1ccccc1)C(=O)NO)Cc1ccc(-c2ccccc2C(=O)O)cc1. The van der Waals surface area contributed by atoms with Crippen LogP contribution in [-0.2, 0) is 27.3 Å². The van der Waals surface area contributed by atoms with Gasteiger partial charge in [-0.2, -0.15) is 0 Å². The number of carboxylic acid groups (broad SMARTS) is 1. The first-order valence-electron chi connectivity index (χ1n) is 12.8. The summed E-state index contributed by atoms with van der Waals surface area (Å²) in [4.78, 5) is 51.2. The minimum absolute atomic E-state index is 0.159. The number of carbonyl (C=O) groups is 4. The molecule has 0 aliphatic rings. The van der Waals surface area contributed by atoms with Gasteiger partial charge in [0.15, 0.2) is 0 Å². The van der Waals surface area contributed by atoms with E-state index in [0.717, 1.165) is 23.1 Å². The summed E-state index contributed by atoms with van der Waals surface area (Å²) in [6, 6.07) is 21.9. The molecule has 3 rings (SSSR count). The molecule has 0 aliphatic heterocycles. The first-order chi connectivity index (χ1) is 18.8. The quantitative estimate of drug-likeness (QED) is 0.196. The second kappa shape index (κ2) is 14.4. The van der Waals surface area contributed by atoms with E-state index in [-0.39, 0.29) is 37.4 Å². The van der Waals surface area contributed by atoms with Gasteiger partial charge < -0.3 is 15.3 Å². The van der Waals surface area contributed by atoms with Crippen LogP contribution in [0.1, 0.15) is 47.7 Å². The zero-order valence-corrected chi connectivity index (χ0v) is 21.8. The average molecular weight is 532 g/mol. The fraction of sp³-hybridized carbons (Fsp3) is 0.267. The summed E-state index contributed by atoms with van der Waals surface area (Å²) in [5, 5.41) is 21.3. The number of nitrogens with zero attached hydrogens (tertiary/aromatic N) is 1. The first kappa shape index (κ1) is 29.1. The topological polar surface area (TPSA) is 136 Å². The van der Waals surface area contributed by atoms with Gasteiger partial charge in [-0.1, -0.05) is 86.1 Å². The Hall–Kier alpha value is -4.50. The monoisotopic (exact) mass is 531 g/mol. The van der Waals surface area contributed by atoms with Crippen LogP contribution in [0.3, 0.4) is 0 Å². The van der Waals surface area contributed by atoms with E-state index < -0.39 is 23.8 Å². The maximum absolute atomic E-state index is 13.0. The summed E-state index contributed by atoms with van der Waals surface area (Å²) >= 11 is 0. The lowest BCUT2D eigenvalue weighted by atomic mass is 9.98. The molecule has 0 unspecified atom stereocenters. The van der Waals surface area contributed by atoms with Crippen LogP contribution in [-0.4, -0.2) is 51.5 Å². The number of nitrogens with one attached hydrogen (secondary N) is 2. The van der Waals surface area contributed by atoms with E-state index in [1.54, 1.807) is 54.0 Å². The van der Waals surface area contributed by atoms with Crippen molar-refractivity contribution in [3.8, 4) is 11.1 Å². The van der Waals surface area contributed by atoms with Crippen molar-refractivity contribution < 1.29 is 29.5 Å². The Morgan fingerprint density at radius 2 is 1.54 bits per heavy atom. The normalized spacial score (nSPS) is 11.3. The highest BCUT2D eigenvalue weighted by Gasteiger charge is 2.24. The van der Waals surface area contributed by atoms with Crippen molar-refractivity contribution in [3.63, 3.8) is 0 Å². The standard InChI is InChI=1S/C30H33N3O6/c1-2-3-13-28(35)33(20-27(34)31-26(29(36)32-39)18-21-9-5-4-6-10-21)19-22-14-16-23(17-15-22)24-11-7-8-12-25(24)30(37)38/h4-12,14-17,26,39H,2-3,13,18-20H2,1H3,(H,31,34)(H,32,36)(H,37,38)/t26-/m0/s1. The molecule has 3 amide bonds. The summed E-state index contributed by atoms with van der Waals surface area (Å²) in [6.07, 6.45) is 1.94. The van der Waals surface area contributed by atoms with Crippen molar-refractivity contribution in [1.82, 2.24) is 15.7 Å². The number of unbranched alkanes of at least 4 members (excludes halogenated alkanes) is 1. The number of hydrogen-bond donors (Lipinski definition) is 4. The minimum Gasteiger partial charge on any atom is -0.478 e. The van der Waals surface area contributed by atoms with Crippen LogP contribution in [0.15, 0.2) is 78.9 Å².